The summed E-state index contributed by atoms with van der Waals surface area (Å²) in [6, 6.07) is 5.79. The molecule has 0 bridgehead atoms. The smallest absolute Gasteiger partial charge is 0.129 e. The normalized spacial score (nSPS) is 10.3. The number of aryl methyl sites for hydroxylation is 2. The zero-order valence-corrected chi connectivity index (χ0v) is 10.9. The van der Waals surface area contributed by atoms with Crippen molar-refractivity contribution in [2.24, 2.45) is 0 Å². The number of rotatable bonds is 4. The van der Waals surface area contributed by atoms with E-state index >= 15 is 0 Å². The third-order valence-electron chi connectivity index (χ3n) is 2.69. The Balaban J connectivity index is 2.18. The van der Waals surface area contributed by atoms with Crippen LogP contribution in [0.25, 0.3) is 11.3 Å². The summed E-state index contributed by atoms with van der Waals surface area (Å²) in [5, 5.41) is 9.00. The lowest BCUT2D eigenvalue weighted by Gasteiger charge is -2.00. The molecule has 2 aromatic rings. The lowest BCUT2D eigenvalue weighted by molar-refractivity contribution is 0.635. The van der Waals surface area contributed by atoms with Crippen LogP contribution in [-0.4, -0.2) is 14.5 Å². The maximum absolute atomic E-state index is 8.53. The number of nitriles is 1. The van der Waals surface area contributed by atoms with Crippen LogP contribution in [0, 0.1) is 18.3 Å². The summed E-state index contributed by atoms with van der Waals surface area (Å²) < 4.78 is 2.06. The van der Waals surface area contributed by atoms with Gasteiger partial charge in [-0.1, -0.05) is 11.6 Å². The van der Waals surface area contributed by atoms with Gasteiger partial charge in [0.15, 0.2) is 0 Å². The molecule has 0 N–H and O–H groups in total. The molecule has 92 valence electrons. The van der Waals surface area contributed by atoms with Gasteiger partial charge in [0.2, 0.25) is 0 Å². The predicted octanol–water partition coefficient (Wildman–Crippen LogP) is 3.21. The Labute approximate surface area is 111 Å². The van der Waals surface area contributed by atoms with Crippen LogP contribution in [0.1, 0.15) is 18.7 Å². The monoisotopic (exact) mass is 260 g/mol. The minimum Gasteiger partial charge on any atom is -0.334 e. The summed E-state index contributed by atoms with van der Waals surface area (Å²) >= 11 is 5.75. The molecule has 0 atom stereocenters. The Hall–Kier alpha value is -1.86. The predicted molar refractivity (Wildman–Crippen MR) is 70.1 cm³/mol. The quantitative estimate of drug-likeness (QED) is 0.627. The summed E-state index contributed by atoms with van der Waals surface area (Å²) in [7, 11) is 0. The molecule has 0 unspecified atom stereocenters. The third kappa shape index (κ3) is 2.88. The van der Waals surface area contributed by atoms with E-state index in [2.05, 4.69) is 20.6 Å². The van der Waals surface area contributed by atoms with E-state index in [9.17, 15) is 0 Å². The van der Waals surface area contributed by atoms with E-state index in [1.54, 1.807) is 12.3 Å². The van der Waals surface area contributed by atoms with Crippen molar-refractivity contribution < 1.29 is 0 Å². The summed E-state index contributed by atoms with van der Waals surface area (Å²) in [6.07, 6.45) is 5.10. The van der Waals surface area contributed by atoms with Crippen LogP contribution in [-0.2, 0) is 6.54 Å². The Kier molecular flexibility index (Phi) is 3.96. The van der Waals surface area contributed by atoms with E-state index in [1.807, 2.05) is 19.2 Å². The average molecular weight is 261 g/mol. The van der Waals surface area contributed by atoms with E-state index in [0.29, 0.717) is 11.6 Å². The number of unbranched alkanes of at least 4 members (excludes halogenated alkanes) is 1. The van der Waals surface area contributed by atoms with Crippen molar-refractivity contribution in [2.75, 3.05) is 0 Å². The molecule has 0 aliphatic rings. The number of pyridine rings is 1. The van der Waals surface area contributed by atoms with Gasteiger partial charge in [0, 0.05) is 30.9 Å². The summed E-state index contributed by atoms with van der Waals surface area (Å²) in [5.41, 5.74) is 1.83. The maximum atomic E-state index is 8.53. The number of imidazole rings is 1. The third-order valence-corrected chi connectivity index (χ3v) is 2.91. The van der Waals surface area contributed by atoms with E-state index in [-0.39, 0.29) is 0 Å². The van der Waals surface area contributed by atoms with Crippen molar-refractivity contribution in [1.82, 2.24) is 14.5 Å². The number of aromatic nitrogens is 3. The SMILES string of the molecule is Cc1nc(-c2ccc(Cl)nc2)cn1CCCC#N. The molecule has 0 saturated heterocycles. The van der Waals surface area contributed by atoms with Gasteiger partial charge in [0.05, 0.1) is 11.8 Å². The lowest BCUT2D eigenvalue weighted by atomic mass is 10.2. The highest BCUT2D eigenvalue weighted by atomic mass is 35.5. The minimum atomic E-state index is 0.476. The van der Waals surface area contributed by atoms with Crippen molar-refractivity contribution >= 4 is 11.6 Å². The molecule has 0 aliphatic heterocycles. The van der Waals surface area contributed by atoms with Gasteiger partial charge in [-0.05, 0) is 25.5 Å². The van der Waals surface area contributed by atoms with Crippen LogP contribution in [0.3, 0.4) is 0 Å². The highest BCUT2D eigenvalue weighted by Crippen LogP contribution is 2.19. The van der Waals surface area contributed by atoms with Gasteiger partial charge in [-0.2, -0.15) is 5.26 Å². The van der Waals surface area contributed by atoms with E-state index in [4.69, 9.17) is 16.9 Å². The van der Waals surface area contributed by atoms with Crippen LogP contribution in [0.5, 0.6) is 0 Å². The molecule has 0 aromatic carbocycles. The van der Waals surface area contributed by atoms with Crippen LogP contribution in [0.2, 0.25) is 5.15 Å². The average Bonchev–Trinajstić information content (AvgIpc) is 2.72. The largest absolute Gasteiger partial charge is 0.334 e. The van der Waals surface area contributed by atoms with Gasteiger partial charge >= 0.3 is 0 Å². The molecule has 0 aliphatic carbocycles. The zero-order chi connectivity index (χ0) is 13.0. The molecule has 2 heterocycles. The molecule has 2 rings (SSSR count). The van der Waals surface area contributed by atoms with Crippen LogP contribution in [0.4, 0.5) is 0 Å². The first kappa shape index (κ1) is 12.6. The molecule has 0 fully saturated rings. The second kappa shape index (κ2) is 5.65. The van der Waals surface area contributed by atoms with E-state index < -0.39 is 0 Å². The van der Waals surface area contributed by atoms with Gasteiger partial charge < -0.3 is 4.57 Å². The zero-order valence-electron chi connectivity index (χ0n) is 10.1. The molecule has 18 heavy (non-hydrogen) atoms. The number of halogens is 1. The highest BCUT2D eigenvalue weighted by molar-refractivity contribution is 6.29. The van der Waals surface area contributed by atoms with Gasteiger partial charge in [-0.3, -0.25) is 0 Å². The minimum absolute atomic E-state index is 0.476. The molecule has 0 spiro atoms. The first-order valence-electron chi connectivity index (χ1n) is 5.73. The van der Waals surface area contributed by atoms with Crippen molar-refractivity contribution in [1.29, 1.82) is 5.26 Å². The Morgan fingerprint density at radius 3 is 2.94 bits per heavy atom. The van der Waals surface area contributed by atoms with Crippen LogP contribution >= 0.6 is 11.6 Å². The fraction of sp³-hybridized carbons (Fsp3) is 0.308. The Morgan fingerprint density at radius 2 is 2.28 bits per heavy atom. The number of hydrogen-bond donors (Lipinski definition) is 0. The fourth-order valence-corrected chi connectivity index (χ4v) is 1.84. The summed E-state index contributed by atoms with van der Waals surface area (Å²) in [5.74, 6) is 0.942. The topological polar surface area (TPSA) is 54.5 Å². The maximum Gasteiger partial charge on any atom is 0.129 e. The first-order valence-corrected chi connectivity index (χ1v) is 6.11. The van der Waals surface area contributed by atoms with Crippen LogP contribution in [0.15, 0.2) is 24.5 Å². The molecule has 0 radical (unpaired) electrons. The van der Waals surface area contributed by atoms with E-state index in [0.717, 1.165) is 30.0 Å². The highest BCUT2D eigenvalue weighted by Gasteiger charge is 2.06. The second-order valence-corrected chi connectivity index (χ2v) is 4.39. The molecule has 0 saturated carbocycles. The molecular weight excluding hydrogens is 248 g/mol. The van der Waals surface area contributed by atoms with Crippen molar-refractivity contribution in [2.45, 2.75) is 26.3 Å². The van der Waals surface area contributed by atoms with Gasteiger partial charge in [-0.15, -0.1) is 0 Å². The van der Waals surface area contributed by atoms with Crippen molar-refractivity contribution in [3.8, 4) is 17.3 Å². The fourth-order valence-electron chi connectivity index (χ4n) is 1.73. The molecule has 4 nitrogen and oxygen atoms in total. The van der Waals surface area contributed by atoms with Crippen molar-refractivity contribution in [3.05, 3.63) is 35.5 Å². The van der Waals surface area contributed by atoms with Crippen LogP contribution < -0.4 is 0 Å². The molecular formula is C13H13ClN4. The lowest BCUT2D eigenvalue weighted by Crippen LogP contribution is -1.98. The molecule has 0 amide bonds. The Morgan fingerprint density at radius 1 is 1.44 bits per heavy atom. The molecule has 5 heteroatoms. The first-order chi connectivity index (χ1) is 8.70. The summed E-state index contributed by atoms with van der Waals surface area (Å²) in [6.45, 7) is 2.77. The summed E-state index contributed by atoms with van der Waals surface area (Å²) in [4.78, 5) is 8.53. The van der Waals surface area contributed by atoms with Gasteiger partial charge in [-0.25, -0.2) is 9.97 Å². The number of hydrogen-bond acceptors (Lipinski definition) is 3. The van der Waals surface area contributed by atoms with E-state index in [1.165, 1.54) is 0 Å². The van der Waals surface area contributed by atoms with Gasteiger partial charge in [0.1, 0.15) is 11.0 Å². The Bertz CT molecular complexity index is 566. The second-order valence-electron chi connectivity index (χ2n) is 4.00. The molecule has 2 aromatic heterocycles. The number of nitrogens with zero attached hydrogens (tertiary/aromatic N) is 4. The van der Waals surface area contributed by atoms with Gasteiger partial charge in [0.25, 0.3) is 0 Å². The standard InChI is InChI=1S/C13H13ClN4/c1-10-17-12(9-18(10)7-3-2-6-15)11-4-5-13(14)16-8-11/h4-5,8-9H,2-3,7H2,1H3. The van der Waals surface area contributed by atoms with Crippen molar-refractivity contribution in [3.63, 3.8) is 0 Å².